The van der Waals surface area contributed by atoms with E-state index in [1.165, 1.54) is 12.8 Å². The SMILES string of the molecule is c1cc(CNC2=NCCCC2)no1. The first-order chi connectivity index (χ1) is 6.45. The van der Waals surface area contributed by atoms with Gasteiger partial charge in [-0.25, -0.2) is 0 Å². The van der Waals surface area contributed by atoms with Crippen LogP contribution in [-0.4, -0.2) is 17.5 Å². The van der Waals surface area contributed by atoms with Crippen molar-refractivity contribution < 1.29 is 4.52 Å². The van der Waals surface area contributed by atoms with Gasteiger partial charge in [0, 0.05) is 19.0 Å². The highest BCUT2D eigenvalue weighted by atomic mass is 16.5. The van der Waals surface area contributed by atoms with Gasteiger partial charge in [0.15, 0.2) is 0 Å². The largest absolute Gasteiger partial charge is 0.368 e. The summed E-state index contributed by atoms with van der Waals surface area (Å²) >= 11 is 0. The van der Waals surface area contributed by atoms with E-state index in [2.05, 4.69) is 15.5 Å². The lowest BCUT2D eigenvalue weighted by atomic mass is 10.2. The van der Waals surface area contributed by atoms with Gasteiger partial charge in [0.05, 0.1) is 12.4 Å². The van der Waals surface area contributed by atoms with Crippen molar-refractivity contribution in [2.45, 2.75) is 25.8 Å². The standard InChI is InChI=1S/C9H13N3O/c1-2-5-10-9(3-1)11-7-8-4-6-13-12-8/h4,6H,1-3,5,7H2,(H,10,11). The Morgan fingerprint density at radius 3 is 3.15 bits per heavy atom. The summed E-state index contributed by atoms with van der Waals surface area (Å²) in [6.07, 6.45) is 5.11. The number of aromatic nitrogens is 1. The van der Waals surface area contributed by atoms with Crippen LogP contribution in [0.3, 0.4) is 0 Å². The van der Waals surface area contributed by atoms with Crippen LogP contribution in [0, 0.1) is 0 Å². The van der Waals surface area contributed by atoms with E-state index in [0.717, 1.165) is 31.0 Å². The molecule has 1 aliphatic rings. The molecular formula is C9H13N3O. The maximum Gasteiger partial charge on any atom is 0.124 e. The minimum absolute atomic E-state index is 0.718. The zero-order valence-electron chi connectivity index (χ0n) is 7.49. The minimum Gasteiger partial charge on any atom is -0.368 e. The molecule has 0 unspecified atom stereocenters. The summed E-state index contributed by atoms with van der Waals surface area (Å²) < 4.78 is 4.72. The van der Waals surface area contributed by atoms with E-state index in [1.807, 2.05) is 6.07 Å². The Balaban J connectivity index is 1.82. The number of aliphatic imine (C=N–C) groups is 1. The van der Waals surface area contributed by atoms with Crippen molar-refractivity contribution in [2.75, 3.05) is 6.54 Å². The molecule has 0 radical (unpaired) electrons. The van der Waals surface area contributed by atoms with Crippen LogP contribution in [0.15, 0.2) is 21.8 Å². The molecule has 0 saturated heterocycles. The fraction of sp³-hybridized carbons (Fsp3) is 0.556. The van der Waals surface area contributed by atoms with Gasteiger partial charge in [-0.3, -0.25) is 4.99 Å². The molecule has 2 rings (SSSR count). The summed E-state index contributed by atoms with van der Waals surface area (Å²) in [4.78, 5) is 4.38. The molecule has 0 aliphatic carbocycles. The van der Waals surface area contributed by atoms with Gasteiger partial charge >= 0.3 is 0 Å². The number of hydrogen-bond acceptors (Lipinski definition) is 4. The smallest absolute Gasteiger partial charge is 0.124 e. The predicted molar refractivity (Wildman–Crippen MR) is 49.5 cm³/mol. The maximum atomic E-state index is 4.72. The first kappa shape index (κ1) is 8.29. The lowest BCUT2D eigenvalue weighted by Gasteiger charge is -2.12. The second kappa shape index (κ2) is 4.07. The number of nitrogens with one attached hydrogen (secondary N) is 1. The first-order valence-electron chi connectivity index (χ1n) is 4.61. The molecule has 0 saturated carbocycles. The summed E-state index contributed by atoms with van der Waals surface area (Å²) in [5, 5.41) is 7.06. The van der Waals surface area contributed by atoms with Crippen LogP contribution in [-0.2, 0) is 6.54 Å². The van der Waals surface area contributed by atoms with E-state index in [0.29, 0.717) is 0 Å². The van der Waals surface area contributed by atoms with E-state index in [1.54, 1.807) is 6.26 Å². The van der Waals surface area contributed by atoms with Gasteiger partial charge in [0.25, 0.3) is 0 Å². The van der Waals surface area contributed by atoms with Gasteiger partial charge < -0.3 is 9.84 Å². The average Bonchev–Trinajstić information content (AvgIpc) is 2.69. The molecule has 4 heteroatoms. The molecule has 0 atom stereocenters. The molecule has 2 heterocycles. The van der Waals surface area contributed by atoms with E-state index >= 15 is 0 Å². The van der Waals surface area contributed by atoms with Gasteiger partial charge in [0.2, 0.25) is 0 Å². The molecule has 13 heavy (non-hydrogen) atoms. The molecule has 70 valence electrons. The average molecular weight is 179 g/mol. The molecule has 0 bridgehead atoms. The molecule has 0 amide bonds. The lowest BCUT2D eigenvalue weighted by molar-refractivity contribution is 0.410. The summed E-state index contributed by atoms with van der Waals surface area (Å²) in [5.41, 5.74) is 0.924. The number of rotatable bonds is 2. The van der Waals surface area contributed by atoms with Crippen LogP contribution in [0.1, 0.15) is 25.0 Å². The molecule has 0 fully saturated rings. The third kappa shape index (κ3) is 2.31. The zero-order valence-corrected chi connectivity index (χ0v) is 7.49. The van der Waals surface area contributed by atoms with Crippen LogP contribution in [0.25, 0.3) is 0 Å². The molecule has 0 spiro atoms. The van der Waals surface area contributed by atoms with Gasteiger partial charge in [-0.1, -0.05) is 5.16 Å². The van der Waals surface area contributed by atoms with Crippen molar-refractivity contribution in [1.29, 1.82) is 0 Å². The van der Waals surface area contributed by atoms with E-state index in [-0.39, 0.29) is 0 Å². The van der Waals surface area contributed by atoms with Gasteiger partial charge in [0.1, 0.15) is 12.0 Å². The molecule has 1 N–H and O–H groups in total. The van der Waals surface area contributed by atoms with E-state index in [4.69, 9.17) is 4.52 Å². The molecular weight excluding hydrogens is 166 g/mol. The normalized spacial score (nSPS) is 16.8. The van der Waals surface area contributed by atoms with Crippen LogP contribution in [0.4, 0.5) is 0 Å². The Labute approximate surface area is 77.0 Å². The van der Waals surface area contributed by atoms with Crippen LogP contribution in [0.2, 0.25) is 0 Å². The topological polar surface area (TPSA) is 50.4 Å². The fourth-order valence-electron chi connectivity index (χ4n) is 1.36. The highest BCUT2D eigenvalue weighted by Crippen LogP contribution is 2.04. The van der Waals surface area contributed by atoms with Crippen LogP contribution in [0.5, 0.6) is 0 Å². The van der Waals surface area contributed by atoms with Crippen molar-refractivity contribution in [3.63, 3.8) is 0 Å². The maximum absolute atomic E-state index is 4.72. The van der Waals surface area contributed by atoms with E-state index in [9.17, 15) is 0 Å². The third-order valence-electron chi connectivity index (χ3n) is 2.09. The van der Waals surface area contributed by atoms with E-state index < -0.39 is 0 Å². The summed E-state index contributed by atoms with van der Waals surface area (Å²) in [6.45, 7) is 1.68. The van der Waals surface area contributed by atoms with Gasteiger partial charge in [-0.15, -0.1) is 0 Å². The Morgan fingerprint density at radius 1 is 1.46 bits per heavy atom. The van der Waals surface area contributed by atoms with Crippen molar-refractivity contribution in [3.05, 3.63) is 18.0 Å². The summed E-state index contributed by atoms with van der Waals surface area (Å²) in [6, 6.07) is 1.86. The highest BCUT2D eigenvalue weighted by molar-refractivity contribution is 5.82. The van der Waals surface area contributed by atoms with Crippen LogP contribution < -0.4 is 5.32 Å². The van der Waals surface area contributed by atoms with Crippen molar-refractivity contribution >= 4 is 5.84 Å². The van der Waals surface area contributed by atoms with Gasteiger partial charge in [-0.05, 0) is 12.8 Å². The van der Waals surface area contributed by atoms with Crippen molar-refractivity contribution in [1.82, 2.24) is 10.5 Å². The Morgan fingerprint density at radius 2 is 2.46 bits per heavy atom. The quantitative estimate of drug-likeness (QED) is 0.745. The molecule has 1 aromatic rings. The third-order valence-corrected chi connectivity index (χ3v) is 2.09. The molecule has 1 aliphatic heterocycles. The number of amidine groups is 1. The van der Waals surface area contributed by atoms with Gasteiger partial charge in [-0.2, -0.15) is 0 Å². The number of hydrogen-bond donors (Lipinski definition) is 1. The van der Waals surface area contributed by atoms with Crippen molar-refractivity contribution in [2.24, 2.45) is 4.99 Å². The zero-order chi connectivity index (χ0) is 8.93. The fourth-order valence-corrected chi connectivity index (χ4v) is 1.36. The molecule has 1 aromatic heterocycles. The highest BCUT2D eigenvalue weighted by Gasteiger charge is 2.04. The molecule has 0 aromatic carbocycles. The monoisotopic (exact) mass is 179 g/mol. The molecule has 4 nitrogen and oxygen atoms in total. The first-order valence-corrected chi connectivity index (χ1v) is 4.61. The van der Waals surface area contributed by atoms with Crippen LogP contribution >= 0.6 is 0 Å². The van der Waals surface area contributed by atoms with Crippen molar-refractivity contribution in [3.8, 4) is 0 Å². The second-order valence-corrected chi connectivity index (χ2v) is 3.13. The Hall–Kier alpha value is -1.32. The number of nitrogens with zero attached hydrogens (tertiary/aromatic N) is 2. The Bertz CT molecular complexity index is 279. The lowest BCUT2D eigenvalue weighted by Crippen LogP contribution is -2.25. The summed E-state index contributed by atoms with van der Waals surface area (Å²) in [5.74, 6) is 1.11. The predicted octanol–water partition coefficient (Wildman–Crippen LogP) is 1.35. The second-order valence-electron chi connectivity index (χ2n) is 3.13. The Kier molecular flexibility index (Phi) is 2.59. The summed E-state index contributed by atoms with van der Waals surface area (Å²) in [7, 11) is 0. The minimum atomic E-state index is 0.718.